The molecule has 0 rings (SSSR count). The number of likely N-dealkylation sites (N-methyl/N-ethyl adjacent to an activating group) is 1. The van der Waals surface area contributed by atoms with Gasteiger partial charge in [0.25, 0.3) is 0 Å². The van der Waals surface area contributed by atoms with Crippen molar-refractivity contribution < 1.29 is 42.9 Å². The van der Waals surface area contributed by atoms with Crippen LogP contribution in [0, 0.1) is 0 Å². The van der Waals surface area contributed by atoms with Crippen molar-refractivity contribution >= 4 is 17.9 Å². The van der Waals surface area contributed by atoms with Crippen molar-refractivity contribution in [1.29, 1.82) is 0 Å². The Balaban J connectivity index is 3.95. The summed E-state index contributed by atoms with van der Waals surface area (Å²) in [7, 11) is 5.94. The number of hydrogen-bond acceptors (Lipinski definition) is 8. The highest BCUT2D eigenvalue weighted by molar-refractivity contribution is 5.70. The Hall–Kier alpha value is -3.01. The minimum atomic E-state index is -1.63. The maximum absolute atomic E-state index is 12.9. The van der Waals surface area contributed by atoms with Crippen LogP contribution in [0.2, 0.25) is 0 Å². The molecule has 0 aromatic heterocycles. The summed E-state index contributed by atoms with van der Waals surface area (Å²) in [5.74, 6) is -2.27. The number of carboxylic acids is 1. The van der Waals surface area contributed by atoms with Gasteiger partial charge in [-0.3, -0.25) is 9.59 Å². The van der Waals surface area contributed by atoms with Gasteiger partial charge < -0.3 is 33.3 Å². The number of rotatable bonds is 73. The molecule has 0 aliphatic rings. The number of esters is 2. The van der Waals surface area contributed by atoms with Crippen LogP contribution in [0.15, 0.2) is 60.8 Å². The van der Waals surface area contributed by atoms with E-state index < -0.39 is 24.3 Å². The molecule has 0 aromatic carbocycles. The summed E-state index contributed by atoms with van der Waals surface area (Å²) >= 11 is 0. The summed E-state index contributed by atoms with van der Waals surface area (Å²) in [5, 5.41) is 11.8. The molecular weight excluding hydrogens is 1110 g/mol. The Labute approximate surface area is 558 Å². The molecule has 0 amide bonds. The Morgan fingerprint density at radius 1 is 0.344 bits per heavy atom. The van der Waals surface area contributed by atoms with Crippen molar-refractivity contribution in [3.05, 3.63) is 60.8 Å². The maximum atomic E-state index is 12.9. The van der Waals surface area contributed by atoms with E-state index in [1.807, 2.05) is 21.1 Å². The fourth-order valence-corrected chi connectivity index (χ4v) is 11.6. The van der Waals surface area contributed by atoms with Crippen LogP contribution in [0.4, 0.5) is 0 Å². The van der Waals surface area contributed by atoms with Gasteiger partial charge in [-0.25, -0.2) is 0 Å². The Morgan fingerprint density at radius 3 is 0.944 bits per heavy atom. The summed E-state index contributed by atoms with van der Waals surface area (Å²) < 4.78 is 22.8. The number of allylic oxidation sites excluding steroid dienone is 10. The Morgan fingerprint density at radius 2 is 0.633 bits per heavy atom. The molecule has 9 heteroatoms. The zero-order chi connectivity index (χ0) is 65.4. The van der Waals surface area contributed by atoms with Crippen LogP contribution in [0.5, 0.6) is 0 Å². The van der Waals surface area contributed by atoms with E-state index in [1.165, 1.54) is 270 Å². The molecular formula is C81H149NO8. The van der Waals surface area contributed by atoms with Crippen molar-refractivity contribution in [2.24, 2.45) is 0 Å². The predicted molar refractivity (Wildman–Crippen MR) is 385 cm³/mol. The second-order valence-corrected chi connectivity index (χ2v) is 27.6. The molecule has 0 aromatic rings. The highest BCUT2D eigenvalue weighted by Gasteiger charge is 2.22. The van der Waals surface area contributed by atoms with Gasteiger partial charge in [-0.05, 0) is 57.8 Å². The number of hydrogen-bond donors (Lipinski definition) is 0. The topological polar surface area (TPSA) is 111 Å². The summed E-state index contributed by atoms with van der Waals surface area (Å²) in [6.07, 6.45) is 92.1. The number of carbonyl (C=O) groups is 3. The van der Waals surface area contributed by atoms with Gasteiger partial charge in [0.1, 0.15) is 13.2 Å². The third-order valence-corrected chi connectivity index (χ3v) is 17.5. The summed E-state index contributed by atoms with van der Waals surface area (Å²) in [4.78, 5) is 37.5. The molecule has 0 saturated heterocycles. The molecule has 0 radical (unpaired) electrons. The summed E-state index contributed by atoms with van der Waals surface area (Å²) in [6.45, 7) is 4.68. The van der Waals surface area contributed by atoms with Crippen LogP contribution in [-0.4, -0.2) is 82.3 Å². The van der Waals surface area contributed by atoms with Gasteiger partial charge in [0, 0.05) is 12.8 Å². The van der Waals surface area contributed by atoms with E-state index in [4.69, 9.17) is 18.9 Å². The van der Waals surface area contributed by atoms with Crippen LogP contribution in [0.1, 0.15) is 380 Å². The van der Waals surface area contributed by atoms with Crippen molar-refractivity contribution in [2.45, 2.75) is 392 Å². The zero-order valence-electron chi connectivity index (χ0n) is 60.3. The predicted octanol–water partition coefficient (Wildman–Crippen LogP) is 23.3. The lowest BCUT2D eigenvalue weighted by atomic mass is 10.0. The molecule has 2 atom stereocenters. The van der Waals surface area contributed by atoms with Crippen LogP contribution < -0.4 is 5.11 Å². The molecule has 2 unspecified atom stereocenters. The van der Waals surface area contributed by atoms with Crippen molar-refractivity contribution in [2.75, 3.05) is 47.5 Å². The molecule has 9 nitrogen and oxygen atoms in total. The van der Waals surface area contributed by atoms with Crippen LogP contribution in [0.25, 0.3) is 0 Å². The average molecular weight is 1270 g/mol. The van der Waals surface area contributed by atoms with E-state index >= 15 is 0 Å². The van der Waals surface area contributed by atoms with Crippen LogP contribution in [-0.2, 0) is 33.3 Å². The third kappa shape index (κ3) is 72.4. The molecule has 526 valence electrons. The summed E-state index contributed by atoms with van der Waals surface area (Å²) in [5.41, 5.74) is 0. The van der Waals surface area contributed by atoms with Crippen LogP contribution >= 0.6 is 0 Å². The zero-order valence-corrected chi connectivity index (χ0v) is 60.3. The smallest absolute Gasteiger partial charge is 0.306 e. The van der Waals surface area contributed by atoms with E-state index in [2.05, 4.69) is 74.6 Å². The molecule has 0 heterocycles. The van der Waals surface area contributed by atoms with E-state index in [0.29, 0.717) is 23.9 Å². The van der Waals surface area contributed by atoms with Gasteiger partial charge in [-0.2, -0.15) is 0 Å². The van der Waals surface area contributed by atoms with Gasteiger partial charge in [0.15, 0.2) is 12.4 Å². The van der Waals surface area contributed by atoms with E-state index in [-0.39, 0.29) is 32.2 Å². The van der Waals surface area contributed by atoms with Crippen molar-refractivity contribution in [1.82, 2.24) is 0 Å². The Kier molecular flexibility index (Phi) is 69.4. The number of nitrogens with zero attached hydrogens (tertiary/aromatic N) is 1. The lowest BCUT2D eigenvalue weighted by molar-refractivity contribution is -0.870. The minimum absolute atomic E-state index is 0.146. The minimum Gasteiger partial charge on any atom is -0.545 e. The SMILES string of the molecule is CC/C=C\C/C=C\C/C=C\C/C=C\C/C=C\CCCCCCCCCCCC(=O)OC(COC(=O)CCCCCCCCCCCCCCCCCCCCCCCCCCCCCCCCCCCCCCCCCC)COC(OCC[N+](C)(C)C)C(=O)[O-]. The first-order valence-corrected chi connectivity index (χ1v) is 38.9. The number of quaternary nitrogens is 1. The van der Waals surface area contributed by atoms with E-state index in [0.717, 1.165) is 77.0 Å². The van der Waals surface area contributed by atoms with Gasteiger partial charge in [0.05, 0.1) is 40.3 Å². The molecule has 0 bridgehead atoms. The molecule has 0 aliphatic carbocycles. The third-order valence-electron chi connectivity index (χ3n) is 17.5. The highest BCUT2D eigenvalue weighted by atomic mass is 16.7. The van der Waals surface area contributed by atoms with Gasteiger partial charge in [-0.15, -0.1) is 0 Å². The highest BCUT2D eigenvalue weighted by Crippen LogP contribution is 2.20. The first-order chi connectivity index (χ1) is 44.1. The van der Waals surface area contributed by atoms with Crippen molar-refractivity contribution in [3.8, 4) is 0 Å². The lowest BCUT2D eigenvalue weighted by Crippen LogP contribution is -2.44. The fraction of sp³-hybridized carbons (Fsp3) is 0.840. The first kappa shape index (κ1) is 87.0. The molecule has 0 fully saturated rings. The van der Waals surface area contributed by atoms with Gasteiger partial charge in [0.2, 0.25) is 0 Å². The van der Waals surface area contributed by atoms with Crippen molar-refractivity contribution in [3.63, 3.8) is 0 Å². The maximum Gasteiger partial charge on any atom is 0.306 e. The van der Waals surface area contributed by atoms with E-state index in [1.54, 1.807) is 0 Å². The van der Waals surface area contributed by atoms with Gasteiger partial charge >= 0.3 is 11.9 Å². The normalized spacial score (nSPS) is 12.9. The number of unbranched alkanes of at least 4 members (excludes halogenated alkanes) is 48. The quantitative estimate of drug-likeness (QED) is 0.0195. The number of aliphatic carboxylic acids is 1. The number of carbonyl (C=O) groups excluding carboxylic acids is 3. The largest absolute Gasteiger partial charge is 0.545 e. The van der Waals surface area contributed by atoms with Crippen LogP contribution in [0.3, 0.4) is 0 Å². The monoisotopic (exact) mass is 1260 g/mol. The number of ether oxygens (including phenoxy) is 4. The molecule has 0 N–H and O–H groups in total. The van der Waals surface area contributed by atoms with Gasteiger partial charge in [-0.1, -0.05) is 370 Å². The molecule has 0 spiro atoms. The summed E-state index contributed by atoms with van der Waals surface area (Å²) in [6, 6.07) is 0. The number of carboxylic acid groups (broad SMARTS) is 1. The molecule has 90 heavy (non-hydrogen) atoms. The Bertz CT molecular complexity index is 1660. The van der Waals surface area contributed by atoms with E-state index in [9.17, 15) is 19.5 Å². The lowest BCUT2D eigenvalue weighted by Gasteiger charge is -2.26. The second kappa shape index (κ2) is 71.8. The first-order valence-electron chi connectivity index (χ1n) is 38.9. The second-order valence-electron chi connectivity index (χ2n) is 27.6. The molecule has 0 aliphatic heterocycles. The fourth-order valence-electron chi connectivity index (χ4n) is 11.6. The molecule has 0 saturated carbocycles. The standard InChI is InChI=1S/C81H149NO8/c1-6-8-10-12-14-16-18-20-22-24-26-28-30-32-33-34-35-36-37-38-39-40-41-42-43-44-45-46-48-49-51-53-55-57-59-61-63-65-67-69-71-78(83)88-75-77(76-89-81(80(85)86)87-74-73-82(3,4)5)90-79(84)72-70-68-66-64-62-60-58-56-54-52-50-47-31-29-27-25-23-21-19-17-15-13-11-9-7-2/h9,11,15,17,21,23,27,29,47,50,77,81H,6-8,10,12-14,16,18-20,22,24-26,28,30-46,48-49,51-76H2,1-5H3/b11-9-,17-15-,23-21-,29-27-,50-47-. The average Bonchev–Trinajstić information content (AvgIpc) is 3.73.